The molecule has 3 nitrogen and oxygen atoms in total. The maximum Gasteiger partial charge on any atom is 0.127 e. The van der Waals surface area contributed by atoms with E-state index in [1.807, 2.05) is 25.4 Å². The minimum Gasteiger partial charge on any atom is -0.326 e. The molecule has 2 aromatic rings. The monoisotopic (exact) mass is 277 g/mol. The van der Waals surface area contributed by atoms with Gasteiger partial charge in [0.05, 0.1) is 17.1 Å². The molecule has 3 atom stereocenters. The van der Waals surface area contributed by atoms with Crippen molar-refractivity contribution in [1.29, 1.82) is 0 Å². The molecule has 0 amide bonds. The molecule has 102 valence electrons. The summed E-state index contributed by atoms with van der Waals surface area (Å²) in [7, 11) is 0. The summed E-state index contributed by atoms with van der Waals surface area (Å²) in [6.07, 6.45) is 7.69. The Morgan fingerprint density at radius 3 is 3.00 bits per heavy atom. The molecule has 1 aliphatic rings. The van der Waals surface area contributed by atoms with Gasteiger partial charge in [0, 0.05) is 12.7 Å². The van der Waals surface area contributed by atoms with Crippen molar-refractivity contribution in [2.45, 2.75) is 45.0 Å². The molecule has 1 fully saturated rings. The van der Waals surface area contributed by atoms with E-state index in [1.165, 1.54) is 19.3 Å². The molecule has 0 bridgehead atoms. The van der Waals surface area contributed by atoms with Crippen molar-refractivity contribution >= 4 is 22.6 Å². The predicted octanol–water partition coefficient (Wildman–Crippen LogP) is 4.17. The van der Waals surface area contributed by atoms with Crippen LogP contribution in [-0.4, -0.2) is 14.5 Å². The third kappa shape index (κ3) is 2.36. The van der Waals surface area contributed by atoms with E-state index in [-0.39, 0.29) is 5.38 Å². The van der Waals surface area contributed by atoms with Crippen molar-refractivity contribution in [2.75, 3.05) is 0 Å². The van der Waals surface area contributed by atoms with Crippen LogP contribution < -0.4 is 0 Å². The minimum absolute atomic E-state index is 0.0656. The first-order chi connectivity index (χ1) is 9.16. The van der Waals surface area contributed by atoms with Gasteiger partial charge in [-0.1, -0.05) is 19.8 Å². The fraction of sp³-hybridized carbons (Fsp3) is 0.600. The Hall–Kier alpha value is -1.09. The first-order valence-corrected chi connectivity index (χ1v) is 7.54. The molecule has 4 heteroatoms. The number of halogens is 1. The molecule has 3 unspecified atom stereocenters. The Morgan fingerprint density at radius 2 is 2.32 bits per heavy atom. The molecular formula is C15H20ClN3. The zero-order valence-corrected chi connectivity index (χ0v) is 12.3. The SMILES string of the molecule is CC(Cl)c1nc2cnccc2n1CC1CCCC1C. The average molecular weight is 278 g/mol. The zero-order chi connectivity index (χ0) is 13.4. The second-order valence-electron chi connectivity index (χ2n) is 5.73. The Morgan fingerprint density at radius 1 is 1.47 bits per heavy atom. The highest BCUT2D eigenvalue weighted by molar-refractivity contribution is 6.20. The summed E-state index contributed by atoms with van der Waals surface area (Å²) >= 11 is 6.30. The lowest BCUT2D eigenvalue weighted by atomic mass is 9.98. The van der Waals surface area contributed by atoms with Gasteiger partial charge in [-0.15, -0.1) is 11.6 Å². The van der Waals surface area contributed by atoms with E-state index in [0.29, 0.717) is 0 Å². The van der Waals surface area contributed by atoms with Crippen molar-refractivity contribution < 1.29 is 0 Å². The third-order valence-corrected chi connectivity index (χ3v) is 4.59. The summed E-state index contributed by atoms with van der Waals surface area (Å²) in [5.41, 5.74) is 2.12. The van der Waals surface area contributed by atoms with Gasteiger partial charge in [0.1, 0.15) is 11.3 Å². The molecule has 3 rings (SSSR count). The molecule has 19 heavy (non-hydrogen) atoms. The van der Waals surface area contributed by atoms with E-state index >= 15 is 0 Å². The van der Waals surface area contributed by atoms with Gasteiger partial charge in [-0.2, -0.15) is 0 Å². The van der Waals surface area contributed by atoms with Crippen LogP contribution >= 0.6 is 11.6 Å². The Bertz CT molecular complexity index is 576. The molecule has 0 aromatic carbocycles. The minimum atomic E-state index is -0.0656. The second kappa shape index (κ2) is 5.12. The summed E-state index contributed by atoms with van der Waals surface area (Å²) in [4.78, 5) is 8.80. The van der Waals surface area contributed by atoms with E-state index in [2.05, 4.69) is 21.5 Å². The van der Waals surface area contributed by atoms with E-state index in [1.54, 1.807) is 0 Å². The van der Waals surface area contributed by atoms with Gasteiger partial charge in [-0.3, -0.25) is 4.98 Å². The lowest BCUT2D eigenvalue weighted by Gasteiger charge is -2.19. The summed E-state index contributed by atoms with van der Waals surface area (Å²) in [6.45, 7) is 5.39. The molecule has 0 radical (unpaired) electrons. The quantitative estimate of drug-likeness (QED) is 0.789. The number of hydrogen-bond donors (Lipinski definition) is 0. The highest BCUT2D eigenvalue weighted by atomic mass is 35.5. The zero-order valence-electron chi connectivity index (χ0n) is 11.5. The van der Waals surface area contributed by atoms with Crippen LogP contribution in [0.2, 0.25) is 0 Å². The lowest BCUT2D eigenvalue weighted by Crippen LogP contribution is -2.15. The summed E-state index contributed by atoms with van der Waals surface area (Å²) < 4.78 is 2.31. The van der Waals surface area contributed by atoms with Crippen LogP contribution in [0.15, 0.2) is 18.5 Å². The third-order valence-electron chi connectivity index (χ3n) is 4.39. The molecule has 2 aromatic heterocycles. The Labute approximate surface area is 119 Å². The predicted molar refractivity (Wildman–Crippen MR) is 78.3 cm³/mol. The summed E-state index contributed by atoms with van der Waals surface area (Å²) in [6, 6.07) is 2.05. The van der Waals surface area contributed by atoms with Gasteiger partial charge in [-0.05, 0) is 31.2 Å². The van der Waals surface area contributed by atoms with Crippen LogP contribution in [-0.2, 0) is 6.54 Å². The van der Waals surface area contributed by atoms with Crippen LogP contribution in [0.4, 0.5) is 0 Å². The van der Waals surface area contributed by atoms with Crippen LogP contribution in [0, 0.1) is 11.8 Å². The highest BCUT2D eigenvalue weighted by Gasteiger charge is 2.26. The van der Waals surface area contributed by atoms with Crippen molar-refractivity contribution in [2.24, 2.45) is 11.8 Å². The fourth-order valence-electron chi connectivity index (χ4n) is 3.22. The van der Waals surface area contributed by atoms with Crippen molar-refractivity contribution in [3.63, 3.8) is 0 Å². The smallest absolute Gasteiger partial charge is 0.127 e. The first-order valence-electron chi connectivity index (χ1n) is 7.11. The molecule has 1 saturated carbocycles. The number of aromatic nitrogens is 3. The van der Waals surface area contributed by atoms with E-state index in [0.717, 1.165) is 35.2 Å². The number of rotatable bonds is 3. The first kappa shape index (κ1) is 12.9. The van der Waals surface area contributed by atoms with Crippen LogP contribution in [0.1, 0.15) is 44.3 Å². The van der Waals surface area contributed by atoms with Crippen molar-refractivity contribution in [1.82, 2.24) is 14.5 Å². The number of nitrogens with zero attached hydrogens (tertiary/aromatic N) is 3. The molecule has 0 aliphatic heterocycles. The van der Waals surface area contributed by atoms with Crippen LogP contribution in [0.25, 0.3) is 11.0 Å². The number of imidazole rings is 1. The number of pyridine rings is 1. The summed E-state index contributed by atoms with van der Waals surface area (Å²) in [5.74, 6) is 2.53. The fourth-order valence-corrected chi connectivity index (χ4v) is 3.39. The molecule has 2 heterocycles. The average Bonchev–Trinajstić information content (AvgIpc) is 2.95. The standard InChI is InChI=1S/C15H20ClN3/c1-10-4-3-5-12(10)9-19-14-6-7-17-8-13(14)18-15(19)11(2)16/h6-8,10-12H,3-5,9H2,1-2H3. The normalized spacial score (nSPS) is 25.0. The van der Waals surface area contributed by atoms with Crippen LogP contribution in [0.5, 0.6) is 0 Å². The molecule has 0 spiro atoms. The topological polar surface area (TPSA) is 30.7 Å². The van der Waals surface area contributed by atoms with E-state index in [9.17, 15) is 0 Å². The van der Waals surface area contributed by atoms with E-state index in [4.69, 9.17) is 11.6 Å². The lowest BCUT2D eigenvalue weighted by molar-refractivity contribution is 0.363. The van der Waals surface area contributed by atoms with Gasteiger partial charge in [0.2, 0.25) is 0 Å². The molecule has 1 aliphatic carbocycles. The van der Waals surface area contributed by atoms with Gasteiger partial charge in [0.15, 0.2) is 0 Å². The molecule has 0 N–H and O–H groups in total. The van der Waals surface area contributed by atoms with Gasteiger partial charge < -0.3 is 4.57 Å². The maximum absolute atomic E-state index is 6.30. The Kier molecular flexibility index (Phi) is 3.48. The number of fused-ring (bicyclic) bond motifs is 1. The van der Waals surface area contributed by atoms with Gasteiger partial charge >= 0.3 is 0 Å². The summed E-state index contributed by atoms with van der Waals surface area (Å²) in [5, 5.41) is -0.0656. The Balaban J connectivity index is 2.02. The molecular weight excluding hydrogens is 258 g/mol. The van der Waals surface area contributed by atoms with Gasteiger partial charge in [0.25, 0.3) is 0 Å². The van der Waals surface area contributed by atoms with Crippen molar-refractivity contribution in [3.05, 3.63) is 24.3 Å². The van der Waals surface area contributed by atoms with Crippen LogP contribution in [0.3, 0.4) is 0 Å². The molecule has 0 saturated heterocycles. The number of hydrogen-bond acceptors (Lipinski definition) is 2. The van der Waals surface area contributed by atoms with Crippen molar-refractivity contribution in [3.8, 4) is 0 Å². The number of alkyl halides is 1. The largest absolute Gasteiger partial charge is 0.326 e. The highest BCUT2D eigenvalue weighted by Crippen LogP contribution is 2.34. The second-order valence-corrected chi connectivity index (χ2v) is 6.38. The maximum atomic E-state index is 6.30. The van der Waals surface area contributed by atoms with Gasteiger partial charge in [-0.25, -0.2) is 4.98 Å². The van der Waals surface area contributed by atoms with E-state index < -0.39 is 0 Å².